The fraction of sp³-hybridized carbons (Fsp3) is 0.200. The largest absolute Gasteiger partial charge is 0.272 e. The Morgan fingerprint density at radius 2 is 1.39 bits per heavy atom. The predicted molar refractivity (Wildman–Crippen MR) is 69.6 cm³/mol. The minimum absolute atomic E-state index is 0.131. The first-order chi connectivity index (χ1) is 8.61. The summed E-state index contributed by atoms with van der Waals surface area (Å²) in [6.07, 6.45) is 0. The second-order valence-electron chi connectivity index (χ2n) is 4.78. The van der Waals surface area contributed by atoms with E-state index in [2.05, 4.69) is 0 Å². The monoisotopic (exact) mass is 239 g/mol. The van der Waals surface area contributed by atoms with Crippen LogP contribution in [0.3, 0.4) is 0 Å². The van der Waals surface area contributed by atoms with E-state index in [-0.39, 0.29) is 17.9 Å². The van der Waals surface area contributed by atoms with Crippen molar-refractivity contribution in [2.24, 2.45) is 0 Å². The molecule has 0 atom stereocenters. The lowest BCUT2D eigenvalue weighted by Crippen LogP contribution is -2.44. The molecule has 2 aromatic carbocycles. The molecule has 1 aliphatic rings. The summed E-state index contributed by atoms with van der Waals surface area (Å²) in [6, 6.07) is 11.0. The van der Waals surface area contributed by atoms with E-state index in [0.29, 0.717) is 11.1 Å². The average Bonchev–Trinajstić information content (AvgIpc) is 2.35. The topological polar surface area (TPSA) is 37.4 Å². The van der Waals surface area contributed by atoms with Gasteiger partial charge in [0.1, 0.15) is 0 Å². The molecule has 2 amide bonds. The number of carbonyl (C=O) groups excluding carboxylic acids is 2. The number of hydrogen-bond donors (Lipinski definition) is 0. The first-order valence-corrected chi connectivity index (χ1v) is 6.01. The van der Waals surface area contributed by atoms with Gasteiger partial charge in [0.2, 0.25) is 0 Å². The average molecular weight is 239 g/mol. The van der Waals surface area contributed by atoms with Crippen LogP contribution in [0, 0.1) is 0 Å². The van der Waals surface area contributed by atoms with Crippen LogP contribution in [0.1, 0.15) is 34.6 Å². The normalized spacial score (nSPS) is 14.7. The van der Waals surface area contributed by atoms with Gasteiger partial charge in [-0.05, 0) is 31.4 Å². The zero-order valence-electron chi connectivity index (χ0n) is 10.3. The molecule has 1 aliphatic heterocycles. The van der Waals surface area contributed by atoms with Crippen LogP contribution in [-0.2, 0) is 0 Å². The Hall–Kier alpha value is -2.16. The molecule has 0 radical (unpaired) electrons. The summed E-state index contributed by atoms with van der Waals surface area (Å²) in [5, 5.41) is 1.72. The van der Waals surface area contributed by atoms with E-state index in [9.17, 15) is 9.59 Å². The van der Waals surface area contributed by atoms with Gasteiger partial charge in [0.25, 0.3) is 11.8 Å². The molecule has 18 heavy (non-hydrogen) atoms. The third-order valence-corrected chi connectivity index (χ3v) is 3.32. The molecule has 0 unspecified atom stereocenters. The van der Waals surface area contributed by atoms with E-state index in [1.54, 1.807) is 12.1 Å². The van der Waals surface area contributed by atoms with E-state index in [1.165, 1.54) is 4.90 Å². The lowest BCUT2D eigenvalue weighted by molar-refractivity contribution is 0.0564. The highest BCUT2D eigenvalue weighted by Gasteiger charge is 2.33. The van der Waals surface area contributed by atoms with Crippen LogP contribution >= 0.6 is 0 Å². The number of imide groups is 1. The van der Waals surface area contributed by atoms with Crippen LogP contribution in [0.15, 0.2) is 36.4 Å². The molecule has 2 aromatic rings. The Kier molecular flexibility index (Phi) is 2.23. The highest BCUT2D eigenvalue weighted by molar-refractivity contribution is 6.25. The van der Waals surface area contributed by atoms with Crippen LogP contribution in [0.5, 0.6) is 0 Å². The second-order valence-corrected chi connectivity index (χ2v) is 4.78. The van der Waals surface area contributed by atoms with Gasteiger partial charge in [-0.25, -0.2) is 0 Å². The number of rotatable bonds is 1. The smallest absolute Gasteiger partial charge is 0.261 e. The maximum Gasteiger partial charge on any atom is 0.261 e. The Morgan fingerprint density at radius 3 is 1.83 bits per heavy atom. The molecule has 0 aromatic heterocycles. The molecule has 3 rings (SSSR count). The first kappa shape index (κ1) is 11.0. The van der Waals surface area contributed by atoms with Crippen LogP contribution < -0.4 is 0 Å². The molecule has 0 saturated heterocycles. The molecule has 0 saturated carbocycles. The SMILES string of the molecule is CC(C)N1C(=O)c2cccc3cccc(c23)C1=O. The summed E-state index contributed by atoms with van der Waals surface area (Å²) in [6.45, 7) is 3.70. The van der Waals surface area contributed by atoms with Gasteiger partial charge in [0.05, 0.1) is 0 Å². The van der Waals surface area contributed by atoms with Crippen molar-refractivity contribution >= 4 is 22.6 Å². The van der Waals surface area contributed by atoms with Crippen molar-refractivity contribution in [1.82, 2.24) is 4.90 Å². The number of nitrogens with zero attached hydrogens (tertiary/aromatic N) is 1. The molecule has 0 fully saturated rings. The molecular formula is C15H13NO2. The van der Waals surface area contributed by atoms with Gasteiger partial charge in [-0.3, -0.25) is 14.5 Å². The third-order valence-electron chi connectivity index (χ3n) is 3.32. The molecule has 3 heteroatoms. The van der Waals surface area contributed by atoms with Crippen molar-refractivity contribution in [2.45, 2.75) is 19.9 Å². The van der Waals surface area contributed by atoms with Crippen molar-refractivity contribution in [3.8, 4) is 0 Å². The second kappa shape index (κ2) is 3.67. The molecule has 0 bridgehead atoms. The summed E-state index contributed by atoms with van der Waals surface area (Å²) in [5.41, 5.74) is 1.24. The van der Waals surface area contributed by atoms with Crippen LogP contribution in [0.2, 0.25) is 0 Å². The molecule has 0 spiro atoms. The Morgan fingerprint density at radius 1 is 0.889 bits per heavy atom. The fourth-order valence-electron chi connectivity index (χ4n) is 2.52. The summed E-state index contributed by atoms with van der Waals surface area (Å²) in [4.78, 5) is 26.1. The van der Waals surface area contributed by atoms with Crippen molar-refractivity contribution < 1.29 is 9.59 Å². The van der Waals surface area contributed by atoms with Crippen LogP contribution in [0.4, 0.5) is 0 Å². The van der Waals surface area contributed by atoms with Crippen molar-refractivity contribution in [1.29, 1.82) is 0 Å². The summed E-state index contributed by atoms with van der Waals surface area (Å²) >= 11 is 0. The van der Waals surface area contributed by atoms with Gasteiger partial charge >= 0.3 is 0 Å². The molecule has 90 valence electrons. The first-order valence-electron chi connectivity index (χ1n) is 6.01. The van der Waals surface area contributed by atoms with Crippen molar-refractivity contribution in [3.63, 3.8) is 0 Å². The van der Waals surface area contributed by atoms with Gasteiger partial charge in [-0.15, -0.1) is 0 Å². The highest BCUT2D eigenvalue weighted by Crippen LogP contribution is 2.30. The Balaban J connectivity index is 2.39. The zero-order chi connectivity index (χ0) is 12.9. The zero-order valence-corrected chi connectivity index (χ0v) is 10.3. The molecular weight excluding hydrogens is 226 g/mol. The van der Waals surface area contributed by atoms with Crippen molar-refractivity contribution in [3.05, 3.63) is 47.5 Å². The van der Waals surface area contributed by atoms with Crippen LogP contribution in [0.25, 0.3) is 10.8 Å². The summed E-state index contributed by atoms with van der Waals surface area (Å²) < 4.78 is 0. The standard InChI is InChI=1S/C15H13NO2/c1-9(2)16-14(17)11-7-3-5-10-6-4-8-12(13(10)11)15(16)18/h3-9H,1-2H3. The quantitative estimate of drug-likeness (QED) is 0.717. The number of amides is 2. The number of carbonyl (C=O) groups is 2. The Bertz CT molecular complexity index is 622. The fourth-order valence-corrected chi connectivity index (χ4v) is 2.52. The lowest BCUT2D eigenvalue weighted by atomic mass is 9.93. The minimum Gasteiger partial charge on any atom is -0.272 e. The van der Waals surface area contributed by atoms with Crippen LogP contribution in [-0.4, -0.2) is 22.8 Å². The minimum atomic E-state index is -0.195. The third kappa shape index (κ3) is 1.30. The molecule has 3 nitrogen and oxygen atoms in total. The van der Waals surface area contributed by atoms with E-state index in [0.717, 1.165) is 10.8 Å². The van der Waals surface area contributed by atoms with Gasteiger partial charge in [0.15, 0.2) is 0 Å². The summed E-state index contributed by atoms with van der Waals surface area (Å²) in [5.74, 6) is -0.390. The van der Waals surface area contributed by atoms with E-state index in [4.69, 9.17) is 0 Å². The molecule has 0 aliphatic carbocycles. The highest BCUT2D eigenvalue weighted by atomic mass is 16.2. The van der Waals surface area contributed by atoms with E-state index in [1.807, 2.05) is 38.1 Å². The van der Waals surface area contributed by atoms with E-state index < -0.39 is 0 Å². The molecule has 1 heterocycles. The molecule has 0 N–H and O–H groups in total. The van der Waals surface area contributed by atoms with Gasteiger partial charge in [0, 0.05) is 22.6 Å². The van der Waals surface area contributed by atoms with Gasteiger partial charge < -0.3 is 0 Å². The van der Waals surface area contributed by atoms with Gasteiger partial charge in [-0.1, -0.05) is 24.3 Å². The maximum absolute atomic E-state index is 12.4. The number of benzene rings is 2. The van der Waals surface area contributed by atoms with E-state index >= 15 is 0 Å². The number of hydrogen-bond acceptors (Lipinski definition) is 2. The van der Waals surface area contributed by atoms with Crippen molar-refractivity contribution in [2.75, 3.05) is 0 Å². The Labute approximate surface area is 105 Å². The lowest BCUT2D eigenvalue weighted by Gasteiger charge is -2.30. The summed E-state index contributed by atoms with van der Waals surface area (Å²) in [7, 11) is 0. The predicted octanol–water partition coefficient (Wildman–Crippen LogP) is 2.84. The maximum atomic E-state index is 12.4. The van der Waals surface area contributed by atoms with Gasteiger partial charge in [-0.2, -0.15) is 0 Å².